The summed E-state index contributed by atoms with van der Waals surface area (Å²) >= 11 is 0. The Morgan fingerprint density at radius 3 is 2.71 bits per heavy atom. The summed E-state index contributed by atoms with van der Waals surface area (Å²) in [4.78, 5) is 10.7. The third-order valence-electron chi connectivity index (χ3n) is 2.04. The zero-order chi connectivity index (χ0) is 10.7. The molecule has 0 spiro atoms. The molecule has 4 heteroatoms. The van der Waals surface area contributed by atoms with Crippen molar-refractivity contribution >= 4 is 5.97 Å². The number of carboxylic acid groups (broad SMARTS) is 1. The van der Waals surface area contributed by atoms with Gasteiger partial charge in [0.05, 0.1) is 13.0 Å². The highest BCUT2D eigenvalue weighted by molar-refractivity contribution is 5.76. The molecule has 1 rings (SSSR count). The van der Waals surface area contributed by atoms with Gasteiger partial charge in [-0.3, -0.25) is 4.79 Å². The van der Waals surface area contributed by atoms with Gasteiger partial charge in [0, 0.05) is 5.56 Å². The van der Waals surface area contributed by atoms with E-state index < -0.39 is 17.7 Å². The molecule has 0 heterocycles. The van der Waals surface area contributed by atoms with Crippen LogP contribution in [0.2, 0.25) is 0 Å². The van der Waals surface area contributed by atoms with Crippen LogP contribution in [0, 0.1) is 5.82 Å². The summed E-state index contributed by atoms with van der Waals surface area (Å²) in [5.41, 5.74) is 0.0856. The van der Waals surface area contributed by atoms with E-state index in [1.807, 2.05) is 0 Å². The van der Waals surface area contributed by atoms with E-state index in [0.29, 0.717) is 0 Å². The van der Waals surface area contributed by atoms with E-state index in [2.05, 4.69) is 0 Å². The quantitative estimate of drug-likeness (QED) is 0.808. The molecule has 0 aliphatic heterocycles. The second-order valence-corrected chi connectivity index (χ2v) is 2.92. The molecule has 0 bridgehead atoms. The van der Waals surface area contributed by atoms with Crippen LogP contribution in [0.5, 0.6) is 5.75 Å². The molecule has 1 aromatic rings. The minimum Gasteiger partial charge on any atom is -0.496 e. The normalized spacial score (nSPS) is 12.2. The van der Waals surface area contributed by atoms with Crippen LogP contribution in [0.25, 0.3) is 0 Å². The molecule has 0 fully saturated rings. The van der Waals surface area contributed by atoms with Gasteiger partial charge in [-0.15, -0.1) is 0 Å². The monoisotopic (exact) mass is 198 g/mol. The second kappa shape index (κ2) is 4.09. The summed E-state index contributed by atoms with van der Waals surface area (Å²) in [7, 11) is 1.38. The predicted molar refractivity (Wildman–Crippen MR) is 49.0 cm³/mol. The average molecular weight is 198 g/mol. The molecule has 1 N–H and O–H groups in total. The summed E-state index contributed by atoms with van der Waals surface area (Å²) in [5, 5.41) is 8.76. The van der Waals surface area contributed by atoms with Crippen molar-refractivity contribution in [2.45, 2.75) is 12.8 Å². The van der Waals surface area contributed by atoms with E-state index in [-0.39, 0.29) is 11.3 Å². The number of ether oxygens (including phenoxy) is 1. The number of methoxy groups -OCH3 is 1. The molecule has 3 nitrogen and oxygen atoms in total. The Morgan fingerprint density at radius 2 is 2.21 bits per heavy atom. The van der Waals surface area contributed by atoms with Gasteiger partial charge in [-0.25, -0.2) is 4.39 Å². The van der Waals surface area contributed by atoms with Crippen molar-refractivity contribution in [3.05, 3.63) is 29.6 Å². The minimum absolute atomic E-state index is 0.0856. The third kappa shape index (κ3) is 1.84. The number of benzene rings is 1. The number of halogens is 1. The topological polar surface area (TPSA) is 46.5 Å². The zero-order valence-electron chi connectivity index (χ0n) is 7.95. The van der Waals surface area contributed by atoms with Crippen molar-refractivity contribution in [3.8, 4) is 5.75 Å². The molecular weight excluding hydrogens is 187 g/mol. The van der Waals surface area contributed by atoms with Gasteiger partial charge >= 0.3 is 5.97 Å². The maximum absolute atomic E-state index is 13.3. The molecule has 0 aliphatic rings. The van der Waals surface area contributed by atoms with Crippen molar-refractivity contribution in [2.24, 2.45) is 0 Å². The van der Waals surface area contributed by atoms with Crippen LogP contribution in [0.15, 0.2) is 18.2 Å². The van der Waals surface area contributed by atoms with Gasteiger partial charge in [-0.05, 0) is 19.1 Å². The Bertz CT molecular complexity index is 349. The Kier molecular flexibility index (Phi) is 3.06. The van der Waals surface area contributed by atoms with E-state index in [1.165, 1.54) is 32.2 Å². The zero-order valence-corrected chi connectivity index (χ0v) is 7.95. The first kappa shape index (κ1) is 10.5. The fourth-order valence-corrected chi connectivity index (χ4v) is 1.24. The molecule has 1 atom stereocenters. The van der Waals surface area contributed by atoms with Gasteiger partial charge < -0.3 is 9.84 Å². The fourth-order valence-electron chi connectivity index (χ4n) is 1.24. The van der Waals surface area contributed by atoms with Gasteiger partial charge in [-0.1, -0.05) is 6.07 Å². The van der Waals surface area contributed by atoms with Gasteiger partial charge in [0.1, 0.15) is 11.6 Å². The predicted octanol–water partition coefficient (Wildman–Crippen LogP) is 2.02. The maximum Gasteiger partial charge on any atom is 0.310 e. The number of aliphatic carboxylic acids is 1. The first-order valence-electron chi connectivity index (χ1n) is 4.13. The summed E-state index contributed by atoms with van der Waals surface area (Å²) in [6.07, 6.45) is 0. The van der Waals surface area contributed by atoms with Crippen molar-refractivity contribution in [2.75, 3.05) is 7.11 Å². The second-order valence-electron chi connectivity index (χ2n) is 2.92. The molecule has 0 saturated carbocycles. The van der Waals surface area contributed by atoms with Crippen LogP contribution in [0.1, 0.15) is 18.4 Å². The van der Waals surface area contributed by atoms with Crippen molar-refractivity contribution in [3.63, 3.8) is 0 Å². The summed E-state index contributed by atoms with van der Waals surface area (Å²) in [5.74, 6) is -2.28. The lowest BCUT2D eigenvalue weighted by Crippen LogP contribution is -2.10. The SMILES string of the molecule is COc1cccc(F)c1C(C)C(=O)O. The Morgan fingerprint density at radius 1 is 1.57 bits per heavy atom. The van der Waals surface area contributed by atoms with Gasteiger partial charge in [0.25, 0.3) is 0 Å². The van der Waals surface area contributed by atoms with Crippen LogP contribution in [-0.2, 0) is 4.79 Å². The molecule has 76 valence electrons. The lowest BCUT2D eigenvalue weighted by molar-refractivity contribution is -0.138. The molecule has 0 aliphatic carbocycles. The number of rotatable bonds is 3. The number of hydrogen-bond donors (Lipinski definition) is 1. The van der Waals surface area contributed by atoms with Crippen LogP contribution < -0.4 is 4.74 Å². The van der Waals surface area contributed by atoms with E-state index in [4.69, 9.17) is 9.84 Å². The van der Waals surface area contributed by atoms with E-state index in [9.17, 15) is 9.18 Å². The highest BCUT2D eigenvalue weighted by Crippen LogP contribution is 2.28. The van der Waals surface area contributed by atoms with Crippen LogP contribution >= 0.6 is 0 Å². The van der Waals surface area contributed by atoms with E-state index >= 15 is 0 Å². The summed E-state index contributed by atoms with van der Waals surface area (Å²) in [6, 6.07) is 4.24. The van der Waals surface area contributed by atoms with Crippen molar-refractivity contribution < 1.29 is 19.0 Å². The molecule has 14 heavy (non-hydrogen) atoms. The highest BCUT2D eigenvalue weighted by Gasteiger charge is 2.21. The van der Waals surface area contributed by atoms with Gasteiger partial charge in [0.15, 0.2) is 0 Å². The fraction of sp³-hybridized carbons (Fsp3) is 0.300. The third-order valence-corrected chi connectivity index (χ3v) is 2.04. The summed E-state index contributed by atoms with van der Waals surface area (Å²) < 4.78 is 18.2. The smallest absolute Gasteiger partial charge is 0.310 e. The number of carbonyl (C=O) groups is 1. The first-order valence-corrected chi connectivity index (χ1v) is 4.13. The Balaban J connectivity index is 3.23. The molecule has 0 saturated heterocycles. The molecule has 1 aromatic carbocycles. The lowest BCUT2D eigenvalue weighted by atomic mass is 10.00. The van der Waals surface area contributed by atoms with Gasteiger partial charge in [0.2, 0.25) is 0 Å². The van der Waals surface area contributed by atoms with E-state index in [0.717, 1.165) is 0 Å². The number of carboxylic acids is 1. The minimum atomic E-state index is -1.08. The summed E-state index contributed by atoms with van der Waals surface area (Å²) in [6.45, 7) is 1.42. The molecular formula is C10H11FO3. The lowest BCUT2D eigenvalue weighted by Gasteiger charge is -2.12. The molecule has 1 unspecified atom stereocenters. The Labute approximate surface area is 81.1 Å². The molecule has 0 aromatic heterocycles. The van der Waals surface area contributed by atoms with Crippen molar-refractivity contribution in [1.29, 1.82) is 0 Å². The van der Waals surface area contributed by atoms with Crippen LogP contribution in [0.4, 0.5) is 4.39 Å². The molecule has 0 radical (unpaired) electrons. The first-order chi connectivity index (χ1) is 6.57. The largest absolute Gasteiger partial charge is 0.496 e. The Hall–Kier alpha value is -1.58. The highest BCUT2D eigenvalue weighted by atomic mass is 19.1. The standard InChI is InChI=1S/C10H11FO3/c1-6(10(12)13)9-7(11)4-3-5-8(9)14-2/h3-6H,1-2H3,(H,12,13). The van der Waals surface area contributed by atoms with E-state index in [1.54, 1.807) is 0 Å². The average Bonchev–Trinajstić information content (AvgIpc) is 2.16. The van der Waals surface area contributed by atoms with Crippen LogP contribution in [-0.4, -0.2) is 18.2 Å². The number of hydrogen-bond acceptors (Lipinski definition) is 2. The van der Waals surface area contributed by atoms with Crippen LogP contribution in [0.3, 0.4) is 0 Å². The maximum atomic E-state index is 13.3. The molecule has 0 amide bonds. The van der Waals surface area contributed by atoms with Crippen molar-refractivity contribution in [1.82, 2.24) is 0 Å². The van der Waals surface area contributed by atoms with Gasteiger partial charge in [-0.2, -0.15) is 0 Å².